The van der Waals surface area contributed by atoms with Gasteiger partial charge in [0.05, 0.1) is 17.9 Å². The number of pyridine rings is 1. The van der Waals surface area contributed by atoms with E-state index >= 15 is 0 Å². The lowest BCUT2D eigenvalue weighted by Crippen LogP contribution is -2.43. The molecule has 8 nitrogen and oxygen atoms in total. The molecule has 4 rings (SSSR count). The SMILES string of the molecule is CCOC(=O)[C@H]1CCCN(C(=O)c2cc3c(=O)n4cc(C)ccc4nc3n2C)C1. The van der Waals surface area contributed by atoms with Crippen LogP contribution in [0.2, 0.25) is 0 Å². The molecule has 0 spiro atoms. The van der Waals surface area contributed by atoms with Crippen molar-refractivity contribution in [2.24, 2.45) is 13.0 Å². The predicted molar refractivity (Wildman–Crippen MR) is 108 cm³/mol. The van der Waals surface area contributed by atoms with Crippen molar-refractivity contribution in [3.05, 3.63) is 46.0 Å². The number of hydrogen-bond donors (Lipinski definition) is 0. The molecule has 0 radical (unpaired) electrons. The molecular weight excluding hydrogens is 372 g/mol. The van der Waals surface area contributed by atoms with Gasteiger partial charge >= 0.3 is 5.97 Å². The van der Waals surface area contributed by atoms with Crippen molar-refractivity contribution >= 4 is 28.6 Å². The Morgan fingerprint density at radius 3 is 2.86 bits per heavy atom. The summed E-state index contributed by atoms with van der Waals surface area (Å²) in [6.07, 6.45) is 3.20. The highest BCUT2D eigenvalue weighted by Gasteiger charge is 2.31. The van der Waals surface area contributed by atoms with Crippen molar-refractivity contribution in [2.45, 2.75) is 26.7 Å². The minimum atomic E-state index is -0.309. The van der Waals surface area contributed by atoms with Gasteiger partial charge in [-0.05, 0) is 44.4 Å². The number of rotatable bonds is 3. The Kier molecular flexibility index (Phi) is 4.86. The largest absolute Gasteiger partial charge is 0.466 e. The highest BCUT2D eigenvalue weighted by Crippen LogP contribution is 2.22. The van der Waals surface area contributed by atoms with E-state index in [0.29, 0.717) is 48.5 Å². The van der Waals surface area contributed by atoms with Gasteiger partial charge in [0, 0.05) is 26.3 Å². The zero-order valence-electron chi connectivity index (χ0n) is 16.8. The smallest absolute Gasteiger partial charge is 0.310 e. The fourth-order valence-corrected chi connectivity index (χ4v) is 3.96. The molecule has 1 aliphatic heterocycles. The number of esters is 1. The summed E-state index contributed by atoms with van der Waals surface area (Å²) in [6, 6.07) is 5.29. The fraction of sp³-hybridized carbons (Fsp3) is 0.429. The van der Waals surface area contributed by atoms with Crippen molar-refractivity contribution in [3.63, 3.8) is 0 Å². The fourth-order valence-electron chi connectivity index (χ4n) is 3.96. The lowest BCUT2D eigenvalue weighted by Gasteiger charge is -2.31. The monoisotopic (exact) mass is 396 g/mol. The van der Waals surface area contributed by atoms with Crippen molar-refractivity contribution < 1.29 is 14.3 Å². The van der Waals surface area contributed by atoms with E-state index in [2.05, 4.69) is 4.98 Å². The molecule has 0 aliphatic carbocycles. The van der Waals surface area contributed by atoms with Crippen LogP contribution in [-0.4, -0.2) is 50.4 Å². The first kappa shape index (κ1) is 19.2. The Bertz CT molecular complexity index is 1180. The summed E-state index contributed by atoms with van der Waals surface area (Å²) >= 11 is 0. The summed E-state index contributed by atoms with van der Waals surface area (Å²) in [5.41, 5.74) is 2.15. The first-order valence-electron chi connectivity index (χ1n) is 9.85. The van der Waals surface area contributed by atoms with Gasteiger partial charge in [0.15, 0.2) is 0 Å². The maximum Gasteiger partial charge on any atom is 0.310 e. The lowest BCUT2D eigenvalue weighted by atomic mass is 9.98. The summed E-state index contributed by atoms with van der Waals surface area (Å²) in [5.74, 6) is -0.774. The van der Waals surface area contributed by atoms with Crippen LogP contribution in [0.25, 0.3) is 16.7 Å². The Hall–Kier alpha value is -3.16. The van der Waals surface area contributed by atoms with Crippen LogP contribution in [-0.2, 0) is 16.6 Å². The molecule has 0 N–H and O–H groups in total. The van der Waals surface area contributed by atoms with Gasteiger partial charge in [-0.1, -0.05) is 6.07 Å². The summed E-state index contributed by atoms with van der Waals surface area (Å²) in [5, 5.41) is 0.401. The van der Waals surface area contributed by atoms with E-state index in [1.165, 1.54) is 4.40 Å². The molecule has 8 heteroatoms. The molecule has 3 aromatic rings. The molecule has 29 heavy (non-hydrogen) atoms. The lowest BCUT2D eigenvalue weighted by molar-refractivity contribution is -0.149. The van der Waals surface area contributed by atoms with Crippen LogP contribution < -0.4 is 5.56 Å². The number of ether oxygens (including phenoxy) is 1. The third-order valence-corrected chi connectivity index (χ3v) is 5.49. The number of carbonyl (C=O) groups excluding carboxylic acids is 2. The van der Waals surface area contributed by atoms with Crippen LogP contribution in [0, 0.1) is 12.8 Å². The summed E-state index contributed by atoms with van der Waals surface area (Å²) in [7, 11) is 1.74. The van der Waals surface area contributed by atoms with Gasteiger partial charge in [-0.25, -0.2) is 4.98 Å². The van der Waals surface area contributed by atoms with E-state index in [-0.39, 0.29) is 23.4 Å². The van der Waals surface area contributed by atoms with E-state index in [4.69, 9.17) is 4.74 Å². The molecule has 0 bridgehead atoms. The molecule has 1 atom stereocenters. The van der Waals surface area contributed by atoms with E-state index in [9.17, 15) is 14.4 Å². The van der Waals surface area contributed by atoms with Crippen molar-refractivity contribution in [3.8, 4) is 0 Å². The van der Waals surface area contributed by atoms with Crippen molar-refractivity contribution in [1.29, 1.82) is 0 Å². The van der Waals surface area contributed by atoms with Gasteiger partial charge in [0.1, 0.15) is 17.0 Å². The quantitative estimate of drug-likeness (QED) is 0.632. The van der Waals surface area contributed by atoms with E-state index in [0.717, 1.165) is 12.0 Å². The zero-order chi connectivity index (χ0) is 20.7. The average molecular weight is 396 g/mol. The van der Waals surface area contributed by atoms with E-state index < -0.39 is 0 Å². The minimum Gasteiger partial charge on any atom is -0.466 e. The van der Waals surface area contributed by atoms with Crippen LogP contribution >= 0.6 is 0 Å². The Morgan fingerprint density at radius 1 is 1.31 bits per heavy atom. The van der Waals surface area contributed by atoms with Gasteiger partial charge < -0.3 is 14.2 Å². The molecule has 1 amide bonds. The molecule has 1 saturated heterocycles. The number of hydrogen-bond acceptors (Lipinski definition) is 5. The minimum absolute atomic E-state index is 0.202. The Balaban J connectivity index is 1.72. The third-order valence-electron chi connectivity index (χ3n) is 5.49. The molecule has 1 aliphatic rings. The number of nitrogens with zero attached hydrogens (tertiary/aromatic N) is 4. The predicted octanol–water partition coefficient (Wildman–Crippen LogP) is 1.91. The van der Waals surface area contributed by atoms with E-state index in [1.807, 2.05) is 13.0 Å². The second kappa shape index (κ2) is 7.35. The van der Waals surface area contributed by atoms with Crippen molar-refractivity contribution in [2.75, 3.05) is 19.7 Å². The second-order valence-electron chi connectivity index (χ2n) is 7.52. The maximum absolute atomic E-state index is 13.2. The van der Waals surface area contributed by atoms with Gasteiger partial charge in [0.2, 0.25) is 0 Å². The van der Waals surface area contributed by atoms with Gasteiger partial charge in [-0.2, -0.15) is 0 Å². The number of amides is 1. The molecular formula is C21H24N4O4. The van der Waals surface area contributed by atoms with Crippen LogP contribution in [0.15, 0.2) is 29.2 Å². The number of fused-ring (bicyclic) bond motifs is 2. The van der Waals surface area contributed by atoms with Gasteiger partial charge in [-0.3, -0.25) is 18.8 Å². The molecule has 1 fully saturated rings. The van der Waals surface area contributed by atoms with Crippen LogP contribution in [0.5, 0.6) is 0 Å². The first-order chi connectivity index (χ1) is 13.9. The highest BCUT2D eigenvalue weighted by molar-refractivity contribution is 5.98. The molecule has 0 unspecified atom stereocenters. The van der Waals surface area contributed by atoms with Crippen LogP contribution in [0.4, 0.5) is 0 Å². The normalized spacial score (nSPS) is 17.1. The summed E-state index contributed by atoms with van der Waals surface area (Å²) in [4.78, 5) is 44.5. The summed E-state index contributed by atoms with van der Waals surface area (Å²) in [6.45, 7) is 4.91. The van der Waals surface area contributed by atoms with Gasteiger partial charge in [-0.15, -0.1) is 0 Å². The molecule has 3 aromatic heterocycles. The van der Waals surface area contributed by atoms with Crippen molar-refractivity contribution in [1.82, 2.24) is 18.9 Å². The highest BCUT2D eigenvalue weighted by atomic mass is 16.5. The molecule has 0 saturated carbocycles. The number of aromatic nitrogens is 3. The van der Waals surface area contributed by atoms with E-state index in [1.54, 1.807) is 41.8 Å². The average Bonchev–Trinajstić information content (AvgIpc) is 3.05. The number of carbonyl (C=O) groups is 2. The number of aryl methyl sites for hydroxylation is 2. The first-order valence-corrected chi connectivity index (χ1v) is 9.85. The topological polar surface area (TPSA) is 85.9 Å². The Labute approximate surface area is 167 Å². The van der Waals surface area contributed by atoms with Crippen LogP contribution in [0.3, 0.4) is 0 Å². The van der Waals surface area contributed by atoms with Crippen LogP contribution in [0.1, 0.15) is 35.8 Å². The number of likely N-dealkylation sites (tertiary alicyclic amines) is 1. The maximum atomic E-state index is 13.2. The number of piperidine rings is 1. The zero-order valence-corrected chi connectivity index (χ0v) is 16.8. The molecule has 152 valence electrons. The molecule has 0 aromatic carbocycles. The van der Waals surface area contributed by atoms with Gasteiger partial charge in [0.25, 0.3) is 11.5 Å². The second-order valence-corrected chi connectivity index (χ2v) is 7.52. The molecule has 4 heterocycles. The third kappa shape index (κ3) is 3.28. The summed E-state index contributed by atoms with van der Waals surface area (Å²) < 4.78 is 8.28. The standard InChI is InChI=1S/C21H24N4O4/c1-4-29-21(28)14-6-5-9-24(12-14)20(27)16-10-15-18(23(16)3)22-17-8-7-13(2)11-25(17)19(15)26/h7-8,10-11,14H,4-6,9,12H2,1-3H3/t14-/m0/s1. The Morgan fingerprint density at radius 2 is 2.10 bits per heavy atom.